The maximum atomic E-state index is 11.9. The van der Waals surface area contributed by atoms with Crippen LogP contribution in [0.5, 0.6) is 0 Å². The Morgan fingerprint density at radius 2 is 2.10 bits per heavy atom. The van der Waals surface area contributed by atoms with E-state index in [-0.39, 0.29) is 23.9 Å². The number of para-hydroxylation sites is 1. The van der Waals surface area contributed by atoms with Gasteiger partial charge in [-0.1, -0.05) is 19.9 Å². The lowest BCUT2D eigenvalue weighted by atomic mass is 10.2. The Labute approximate surface area is 122 Å². The number of amides is 1. The highest BCUT2D eigenvalue weighted by Gasteiger charge is 2.19. The minimum absolute atomic E-state index is 0.0912. The van der Waals surface area contributed by atoms with E-state index in [1.807, 2.05) is 20.8 Å². The first kappa shape index (κ1) is 15.0. The zero-order valence-electron chi connectivity index (χ0n) is 12.4. The highest BCUT2D eigenvalue weighted by atomic mass is 16.4. The minimum atomic E-state index is -1.02. The van der Waals surface area contributed by atoms with Gasteiger partial charge in [-0.25, -0.2) is 9.78 Å². The Hall–Kier alpha value is -2.37. The van der Waals surface area contributed by atoms with Gasteiger partial charge in [0.05, 0.1) is 11.1 Å². The van der Waals surface area contributed by atoms with Crippen LogP contribution in [0.25, 0.3) is 11.0 Å². The standard InChI is InChI=1S/C15H19N3O3/c1-4-16-12(19)8-18-11-7-5-6-10(15(20)21)13(11)17-14(18)9(2)3/h5-7,9H,4,8H2,1-3H3,(H,16,19)(H,20,21). The van der Waals surface area contributed by atoms with Gasteiger partial charge in [0, 0.05) is 12.5 Å². The van der Waals surface area contributed by atoms with Crippen LogP contribution < -0.4 is 5.32 Å². The number of nitrogens with one attached hydrogen (secondary N) is 1. The van der Waals surface area contributed by atoms with Gasteiger partial charge in [0.1, 0.15) is 17.9 Å². The van der Waals surface area contributed by atoms with Crippen molar-refractivity contribution < 1.29 is 14.7 Å². The second kappa shape index (κ2) is 5.95. The molecule has 0 fully saturated rings. The van der Waals surface area contributed by atoms with Gasteiger partial charge >= 0.3 is 5.97 Å². The SMILES string of the molecule is CCNC(=O)Cn1c(C(C)C)nc2c(C(=O)O)cccc21. The van der Waals surface area contributed by atoms with E-state index in [1.54, 1.807) is 16.7 Å². The minimum Gasteiger partial charge on any atom is -0.478 e. The van der Waals surface area contributed by atoms with Crippen molar-refractivity contribution in [2.45, 2.75) is 33.2 Å². The number of aromatic carboxylic acids is 1. The van der Waals surface area contributed by atoms with Crippen LogP contribution in [0.4, 0.5) is 0 Å². The topological polar surface area (TPSA) is 84.2 Å². The molecule has 2 aromatic rings. The van der Waals surface area contributed by atoms with Gasteiger partial charge in [-0.3, -0.25) is 4.79 Å². The van der Waals surface area contributed by atoms with E-state index in [2.05, 4.69) is 10.3 Å². The van der Waals surface area contributed by atoms with Crippen LogP contribution in [-0.4, -0.2) is 33.1 Å². The summed E-state index contributed by atoms with van der Waals surface area (Å²) in [4.78, 5) is 27.6. The summed E-state index contributed by atoms with van der Waals surface area (Å²) < 4.78 is 1.79. The van der Waals surface area contributed by atoms with Crippen LogP contribution in [0, 0.1) is 0 Å². The summed E-state index contributed by atoms with van der Waals surface area (Å²) in [6.45, 7) is 6.49. The van der Waals surface area contributed by atoms with E-state index in [0.717, 1.165) is 0 Å². The van der Waals surface area contributed by atoms with Crippen LogP contribution in [0.3, 0.4) is 0 Å². The van der Waals surface area contributed by atoms with Crippen molar-refractivity contribution in [1.29, 1.82) is 0 Å². The Bertz CT molecular complexity index is 689. The monoisotopic (exact) mass is 289 g/mol. The largest absolute Gasteiger partial charge is 0.478 e. The van der Waals surface area contributed by atoms with Crippen molar-refractivity contribution in [1.82, 2.24) is 14.9 Å². The van der Waals surface area contributed by atoms with Gasteiger partial charge in [-0.2, -0.15) is 0 Å². The highest BCUT2D eigenvalue weighted by molar-refractivity contribution is 6.01. The number of carboxylic acids is 1. The fourth-order valence-electron chi connectivity index (χ4n) is 2.34. The lowest BCUT2D eigenvalue weighted by Crippen LogP contribution is -2.28. The molecule has 0 bridgehead atoms. The maximum absolute atomic E-state index is 11.9. The Balaban J connectivity index is 2.61. The van der Waals surface area contributed by atoms with Crippen molar-refractivity contribution >= 4 is 22.9 Å². The number of fused-ring (bicyclic) bond motifs is 1. The molecule has 0 aliphatic heterocycles. The molecule has 0 unspecified atom stereocenters. The molecular formula is C15H19N3O3. The fourth-order valence-corrected chi connectivity index (χ4v) is 2.34. The fraction of sp³-hybridized carbons (Fsp3) is 0.400. The van der Waals surface area contributed by atoms with E-state index in [4.69, 9.17) is 0 Å². The molecule has 21 heavy (non-hydrogen) atoms. The maximum Gasteiger partial charge on any atom is 0.337 e. The molecule has 0 aliphatic rings. The van der Waals surface area contributed by atoms with Crippen molar-refractivity contribution in [3.8, 4) is 0 Å². The van der Waals surface area contributed by atoms with Gasteiger partial charge in [-0.15, -0.1) is 0 Å². The summed E-state index contributed by atoms with van der Waals surface area (Å²) in [7, 11) is 0. The van der Waals surface area contributed by atoms with Crippen molar-refractivity contribution in [2.75, 3.05) is 6.54 Å². The Morgan fingerprint density at radius 1 is 1.38 bits per heavy atom. The number of hydrogen-bond donors (Lipinski definition) is 2. The molecule has 1 aromatic carbocycles. The lowest BCUT2D eigenvalue weighted by Gasteiger charge is -2.11. The average Bonchev–Trinajstić information content (AvgIpc) is 2.77. The number of rotatable bonds is 5. The van der Waals surface area contributed by atoms with Crippen LogP contribution >= 0.6 is 0 Å². The molecular weight excluding hydrogens is 270 g/mol. The van der Waals surface area contributed by atoms with Gasteiger partial charge in [0.2, 0.25) is 5.91 Å². The second-order valence-electron chi connectivity index (χ2n) is 5.14. The summed E-state index contributed by atoms with van der Waals surface area (Å²) in [5, 5.41) is 12.0. The molecule has 2 rings (SSSR count). The highest BCUT2D eigenvalue weighted by Crippen LogP contribution is 2.24. The van der Waals surface area contributed by atoms with E-state index >= 15 is 0 Å². The third kappa shape index (κ3) is 2.89. The lowest BCUT2D eigenvalue weighted by molar-refractivity contribution is -0.121. The van der Waals surface area contributed by atoms with Crippen molar-refractivity contribution in [3.05, 3.63) is 29.6 Å². The molecule has 0 saturated carbocycles. The van der Waals surface area contributed by atoms with E-state index in [0.29, 0.717) is 23.4 Å². The zero-order chi connectivity index (χ0) is 15.6. The van der Waals surface area contributed by atoms with Crippen molar-refractivity contribution in [2.24, 2.45) is 0 Å². The molecule has 0 atom stereocenters. The van der Waals surface area contributed by atoms with Crippen LogP contribution in [0.15, 0.2) is 18.2 Å². The molecule has 0 saturated heterocycles. The molecule has 6 heteroatoms. The van der Waals surface area contributed by atoms with Gasteiger partial charge in [0.15, 0.2) is 0 Å². The van der Waals surface area contributed by atoms with Crippen LogP contribution in [0.2, 0.25) is 0 Å². The molecule has 0 spiro atoms. The van der Waals surface area contributed by atoms with Gasteiger partial charge in [-0.05, 0) is 19.1 Å². The quantitative estimate of drug-likeness (QED) is 0.881. The first-order chi connectivity index (χ1) is 9.95. The number of aromatic nitrogens is 2. The van der Waals surface area contributed by atoms with Crippen LogP contribution in [0.1, 0.15) is 42.9 Å². The summed E-state index contributed by atoms with van der Waals surface area (Å²) in [5.74, 6) is -0.323. The summed E-state index contributed by atoms with van der Waals surface area (Å²) >= 11 is 0. The molecule has 112 valence electrons. The normalized spacial score (nSPS) is 11.0. The third-order valence-electron chi connectivity index (χ3n) is 3.23. The molecule has 1 amide bonds. The number of imidazole rings is 1. The molecule has 6 nitrogen and oxygen atoms in total. The van der Waals surface area contributed by atoms with Crippen LogP contribution in [-0.2, 0) is 11.3 Å². The Kier molecular flexibility index (Phi) is 4.26. The average molecular weight is 289 g/mol. The number of carbonyl (C=O) groups excluding carboxylic acids is 1. The summed E-state index contributed by atoms with van der Waals surface area (Å²) in [6.07, 6.45) is 0. The second-order valence-corrected chi connectivity index (χ2v) is 5.14. The van der Waals surface area contributed by atoms with Gasteiger partial charge in [0.25, 0.3) is 0 Å². The molecule has 0 aliphatic carbocycles. The smallest absolute Gasteiger partial charge is 0.337 e. The first-order valence-electron chi connectivity index (χ1n) is 6.94. The molecule has 0 radical (unpaired) electrons. The number of carbonyl (C=O) groups is 2. The molecule has 1 heterocycles. The molecule has 2 N–H and O–H groups in total. The number of hydrogen-bond acceptors (Lipinski definition) is 3. The Morgan fingerprint density at radius 3 is 2.67 bits per heavy atom. The van der Waals surface area contributed by atoms with E-state index in [1.165, 1.54) is 6.07 Å². The third-order valence-corrected chi connectivity index (χ3v) is 3.23. The van der Waals surface area contributed by atoms with Gasteiger partial charge < -0.3 is 15.0 Å². The predicted molar refractivity (Wildman–Crippen MR) is 79.5 cm³/mol. The first-order valence-corrected chi connectivity index (χ1v) is 6.94. The van der Waals surface area contributed by atoms with E-state index in [9.17, 15) is 14.7 Å². The summed E-state index contributed by atoms with van der Waals surface area (Å²) in [5.41, 5.74) is 1.26. The number of nitrogens with zero attached hydrogens (tertiary/aromatic N) is 2. The predicted octanol–water partition coefficient (Wildman–Crippen LogP) is 1.99. The number of likely N-dealkylation sites (N-methyl/N-ethyl adjacent to an activating group) is 1. The number of benzene rings is 1. The number of carboxylic acid groups (broad SMARTS) is 1. The zero-order valence-corrected chi connectivity index (χ0v) is 12.4. The summed E-state index contributed by atoms with van der Waals surface area (Å²) in [6, 6.07) is 4.99. The van der Waals surface area contributed by atoms with Crippen molar-refractivity contribution in [3.63, 3.8) is 0 Å². The van der Waals surface area contributed by atoms with E-state index < -0.39 is 5.97 Å². The molecule has 1 aromatic heterocycles.